The van der Waals surface area contributed by atoms with Crippen molar-refractivity contribution < 1.29 is 14.3 Å². The molecule has 1 fully saturated rings. The van der Waals surface area contributed by atoms with Crippen molar-refractivity contribution in [1.82, 2.24) is 10.2 Å². The Balaban J connectivity index is 0.00000176. The Hall–Kier alpha value is -1.14. The van der Waals surface area contributed by atoms with Gasteiger partial charge in [0.25, 0.3) is 0 Å². The predicted octanol–water partition coefficient (Wildman–Crippen LogP) is 1.68. The number of hydrogen-bond acceptors (Lipinski definition) is 5. The maximum atomic E-state index is 11.6. The number of benzene rings is 1. The average Bonchev–Trinajstić information content (AvgIpc) is 2.89. The van der Waals surface area contributed by atoms with E-state index in [0.29, 0.717) is 12.2 Å². The molecule has 1 saturated heterocycles. The lowest BCUT2D eigenvalue weighted by Crippen LogP contribution is -2.45. The lowest BCUT2D eigenvalue weighted by Gasteiger charge is -2.31. The quantitative estimate of drug-likeness (QED) is 0.853. The van der Waals surface area contributed by atoms with Gasteiger partial charge in [0.1, 0.15) is 6.61 Å². The number of fused-ring (bicyclic) bond motifs is 1. The molecule has 22 heavy (non-hydrogen) atoms. The van der Waals surface area contributed by atoms with E-state index in [2.05, 4.69) is 17.1 Å². The maximum absolute atomic E-state index is 11.6. The van der Waals surface area contributed by atoms with Crippen LogP contribution in [0.3, 0.4) is 0 Å². The fraction of sp³-hybridized carbons (Fsp3) is 0.562. The molecule has 1 unspecified atom stereocenters. The summed E-state index contributed by atoms with van der Waals surface area (Å²) in [6, 6.07) is 3.88. The monoisotopic (exact) mass is 326 g/mol. The first-order chi connectivity index (χ1) is 10.2. The SMILES string of the molecule is COC(CN1CCNCC1)c1ccc2c(c1C)COC2=O.Cl. The van der Waals surface area contributed by atoms with E-state index < -0.39 is 0 Å². The van der Waals surface area contributed by atoms with Gasteiger partial charge in [-0.25, -0.2) is 4.79 Å². The number of nitrogens with one attached hydrogen (secondary N) is 1. The summed E-state index contributed by atoms with van der Waals surface area (Å²) in [7, 11) is 1.75. The normalized spacial score (nSPS) is 19.3. The molecule has 122 valence electrons. The number of methoxy groups -OCH3 is 1. The topological polar surface area (TPSA) is 50.8 Å². The van der Waals surface area contributed by atoms with E-state index in [4.69, 9.17) is 9.47 Å². The predicted molar refractivity (Wildman–Crippen MR) is 86.6 cm³/mol. The van der Waals surface area contributed by atoms with E-state index in [1.54, 1.807) is 7.11 Å². The molecule has 1 atom stereocenters. The Morgan fingerprint density at radius 3 is 2.77 bits per heavy atom. The van der Waals surface area contributed by atoms with Crippen molar-refractivity contribution in [2.75, 3.05) is 39.8 Å². The minimum atomic E-state index is -0.212. The second-order valence-electron chi connectivity index (χ2n) is 5.66. The van der Waals surface area contributed by atoms with Crippen molar-refractivity contribution in [3.05, 3.63) is 34.4 Å². The first kappa shape index (κ1) is 17.2. The number of halogens is 1. The average molecular weight is 327 g/mol. The van der Waals surface area contributed by atoms with E-state index in [-0.39, 0.29) is 24.5 Å². The van der Waals surface area contributed by atoms with Crippen molar-refractivity contribution in [3.8, 4) is 0 Å². The van der Waals surface area contributed by atoms with E-state index in [9.17, 15) is 4.79 Å². The van der Waals surface area contributed by atoms with Gasteiger partial charge in [-0.05, 0) is 24.1 Å². The third kappa shape index (κ3) is 3.27. The lowest BCUT2D eigenvalue weighted by molar-refractivity contribution is 0.0534. The van der Waals surface area contributed by atoms with Crippen LogP contribution in [-0.2, 0) is 16.1 Å². The van der Waals surface area contributed by atoms with Crippen LogP contribution >= 0.6 is 12.4 Å². The van der Waals surface area contributed by atoms with Crippen LogP contribution in [0.4, 0.5) is 0 Å². The summed E-state index contributed by atoms with van der Waals surface area (Å²) < 4.78 is 10.8. The molecule has 3 rings (SSSR count). The Kier molecular flexibility index (Phi) is 5.81. The van der Waals surface area contributed by atoms with Crippen LogP contribution in [0, 0.1) is 6.92 Å². The van der Waals surface area contributed by atoms with Gasteiger partial charge in [-0.3, -0.25) is 4.90 Å². The molecule has 2 heterocycles. The summed E-state index contributed by atoms with van der Waals surface area (Å²) >= 11 is 0. The third-order valence-electron chi connectivity index (χ3n) is 4.47. The van der Waals surface area contributed by atoms with Crippen LogP contribution in [0.15, 0.2) is 12.1 Å². The Morgan fingerprint density at radius 2 is 2.09 bits per heavy atom. The van der Waals surface area contributed by atoms with Gasteiger partial charge in [0.2, 0.25) is 0 Å². The number of ether oxygens (including phenoxy) is 2. The van der Waals surface area contributed by atoms with Crippen molar-refractivity contribution in [1.29, 1.82) is 0 Å². The van der Waals surface area contributed by atoms with E-state index in [1.165, 1.54) is 0 Å². The zero-order valence-electron chi connectivity index (χ0n) is 13.1. The minimum absolute atomic E-state index is 0. The van der Waals surface area contributed by atoms with Crippen LogP contribution in [-0.4, -0.2) is 50.7 Å². The summed E-state index contributed by atoms with van der Waals surface area (Å²) in [5, 5.41) is 3.36. The van der Waals surface area contributed by atoms with E-state index >= 15 is 0 Å². The summed E-state index contributed by atoms with van der Waals surface area (Å²) in [5.74, 6) is -0.212. The van der Waals surface area contributed by atoms with Crippen molar-refractivity contribution in [3.63, 3.8) is 0 Å². The second-order valence-corrected chi connectivity index (χ2v) is 5.66. The molecule has 0 amide bonds. The number of esters is 1. The van der Waals surface area contributed by atoms with Gasteiger partial charge >= 0.3 is 5.97 Å². The molecule has 0 aromatic heterocycles. The molecular weight excluding hydrogens is 304 g/mol. The van der Waals surface area contributed by atoms with E-state index in [1.807, 2.05) is 12.1 Å². The zero-order valence-corrected chi connectivity index (χ0v) is 13.9. The molecule has 0 aliphatic carbocycles. The number of hydrogen-bond donors (Lipinski definition) is 1. The Bertz CT molecular complexity index is 544. The third-order valence-corrected chi connectivity index (χ3v) is 4.47. The number of piperazine rings is 1. The number of carbonyl (C=O) groups is 1. The zero-order chi connectivity index (χ0) is 14.8. The van der Waals surface area contributed by atoms with Crippen LogP contribution in [0.2, 0.25) is 0 Å². The Labute approximate surface area is 137 Å². The Morgan fingerprint density at radius 1 is 1.36 bits per heavy atom. The molecule has 6 heteroatoms. The summed E-state index contributed by atoms with van der Waals surface area (Å²) in [5.41, 5.74) is 4.00. The maximum Gasteiger partial charge on any atom is 0.338 e. The van der Waals surface area contributed by atoms with Gasteiger partial charge in [-0.1, -0.05) is 6.07 Å². The van der Waals surface area contributed by atoms with Crippen LogP contribution < -0.4 is 5.32 Å². The largest absolute Gasteiger partial charge is 0.457 e. The second kappa shape index (κ2) is 7.42. The smallest absolute Gasteiger partial charge is 0.338 e. The highest BCUT2D eigenvalue weighted by atomic mass is 35.5. The fourth-order valence-electron chi connectivity index (χ4n) is 3.14. The highest BCUT2D eigenvalue weighted by Crippen LogP contribution is 2.30. The molecule has 1 aromatic rings. The molecule has 1 aromatic carbocycles. The van der Waals surface area contributed by atoms with Gasteiger partial charge in [-0.2, -0.15) is 0 Å². The van der Waals surface area contributed by atoms with Crippen LogP contribution in [0.1, 0.15) is 33.2 Å². The molecule has 0 spiro atoms. The van der Waals surface area contributed by atoms with E-state index in [0.717, 1.165) is 49.4 Å². The molecule has 2 aliphatic rings. The molecule has 0 bridgehead atoms. The summed E-state index contributed by atoms with van der Waals surface area (Å²) in [6.07, 6.45) is 0.0316. The standard InChI is InChI=1S/C16H22N2O3.ClH/c1-11-12(3-4-13-14(11)10-21-16(13)19)15(20-2)9-18-7-5-17-6-8-18;/h3-4,15,17H,5-10H2,1-2H3;1H. The molecule has 2 aliphatic heterocycles. The highest BCUT2D eigenvalue weighted by molar-refractivity contribution is 5.93. The molecule has 0 radical (unpaired) electrons. The van der Waals surface area contributed by atoms with Crippen LogP contribution in [0.25, 0.3) is 0 Å². The van der Waals surface area contributed by atoms with Crippen molar-refractivity contribution in [2.45, 2.75) is 19.6 Å². The fourth-order valence-corrected chi connectivity index (χ4v) is 3.14. The van der Waals surface area contributed by atoms with Gasteiger partial charge in [-0.15, -0.1) is 12.4 Å². The lowest BCUT2D eigenvalue weighted by atomic mass is 9.95. The molecule has 1 N–H and O–H groups in total. The minimum Gasteiger partial charge on any atom is -0.457 e. The number of cyclic esters (lactones) is 1. The number of nitrogens with zero attached hydrogens (tertiary/aromatic N) is 1. The van der Waals surface area contributed by atoms with Crippen LogP contribution in [0.5, 0.6) is 0 Å². The van der Waals surface area contributed by atoms with Crippen molar-refractivity contribution >= 4 is 18.4 Å². The van der Waals surface area contributed by atoms with Gasteiger partial charge < -0.3 is 14.8 Å². The molecule has 5 nitrogen and oxygen atoms in total. The van der Waals surface area contributed by atoms with Crippen molar-refractivity contribution in [2.24, 2.45) is 0 Å². The summed E-state index contributed by atoms with van der Waals surface area (Å²) in [4.78, 5) is 14.0. The van der Waals surface area contributed by atoms with Gasteiger partial charge in [0, 0.05) is 45.4 Å². The first-order valence-electron chi connectivity index (χ1n) is 7.46. The van der Waals surface area contributed by atoms with Gasteiger partial charge in [0.05, 0.1) is 11.7 Å². The first-order valence-corrected chi connectivity index (χ1v) is 7.46. The highest BCUT2D eigenvalue weighted by Gasteiger charge is 2.27. The summed E-state index contributed by atoms with van der Waals surface area (Å²) in [6.45, 7) is 7.48. The number of carbonyl (C=O) groups excluding carboxylic acids is 1. The molecule has 0 saturated carbocycles. The van der Waals surface area contributed by atoms with Gasteiger partial charge in [0.15, 0.2) is 0 Å². The number of rotatable bonds is 4. The molecular formula is C16H23ClN2O3.